The van der Waals surface area contributed by atoms with Crippen LogP contribution in [0.15, 0.2) is 9.42 Å². The van der Waals surface area contributed by atoms with Crippen molar-refractivity contribution in [3.8, 4) is 0 Å². The summed E-state index contributed by atoms with van der Waals surface area (Å²) in [6.45, 7) is 0. The number of rotatable bonds is 3. The Bertz CT molecular complexity index is 461. The molecule has 1 aromatic heterocycles. The molecule has 0 aromatic carbocycles. The highest BCUT2D eigenvalue weighted by Crippen LogP contribution is 2.30. The normalized spacial score (nSPS) is 17.4. The quantitative estimate of drug-likeness (QED) is 0.791. The Morgan fingerprint density at radius 2 is 2.20 bits per heavy atom. The van der Waals surface area contributed by atoms with Gasteiger partial charge in [-0.25, -0.2) is 8.42 Å². The Kier molecular flexibility index (Phi) is 2.34. The third kappa shape index (κ3) is 1.92. The van der Waals surface area contributed by atoms with Crippen molar-refractivity contribution < 1.29 is 12.9 Å². The molecule has 7 heteroatoms. The average molecular weight is 231 g/mol. The first-order chi connectivity index (χ1) is 6.98. The van der Waals surface area contributed by atoms with Crippen LogP contribution in [0.5, 0.6) is 0 Å². The van der Waals surface area contributed by atoms with Gasteiger partial charge in [0.25, 0.3) is 0 Å². The van der Waals surface area contributed by atoms with Crippen LogP contribution in [0, 0.1) is 0 Å². The lowest BCUT2D eigenvalue weighted by molar-refractivity contribution is 0.422. The van der Waals surface area contributed by atoms with E-state index < -0.39 is 9.84 Å². The molecule has 15 heavy (non-hydrogen) atoms. The fourth-order valence-electron chi connectivity index (χ4n) is 1.49. The minimum atomic E-state index is -3.39. The number of nitrogens with two attached hydrogens (primary N) is 1. The Morgan fingerprint density at radius 1 is 1.53 bits per heavy atom. The predicted molar refractivity (Wildman–Crippen MR) is 55.3 cm³/mol. The number of nitrogens with zero attached hydrogens (tertiary/aromatic N) is 1. The minimum Gasteiger partial charge on any atom is -0.366 e. The van der Waals surface area contributed by atoms with Gasteiger partial charge in [0.05, 0.1) is 0 Å². The molecule has 1 aliphatic rings. The van der Waals surface area contributed by atoms with Crippen molar-refractivity contribution >= 4 is 21.5 Å². The summed E-state index contributed by atoms with van der Waals surface area (Å²) in [7, 11) is -3.39. The molecule has 84 valence electrons. The second-order valence-corrected chi connectivity index (χ2v) is 5.72. The van der Waals surface area contributed by atoms with Crippen molar-refractivity contribution in [1.29, 1.82) is 0 Å². The van der Waals surface area contributed by atoms with Crippen molar-refractivity contribution in [3.05, 3.63) is 0 Å². The Labute approximate surface area is 87.7 Å². The summed E-state index contributed by atoms with van der Waals surface area (Å²) in [5, 5.41) is 6.62. The van der Waals surface area contributed by atoms with E-state index in [1.165, 1.54) is 0 Å². The van der Waals surface area contributed by atoms with Crippen molar-refractivity contribution in [1.82, 2.24) is 5.16 Å². The third-order valence-electron chi connectivity index (χ3n) is 2.49. The van der Waals surface area contributed by atoms with E-state index in [2.05, 4.69) is 15.0 Å². The summed E-state index contributed by atoms with van der Waals surface area (Å²) < 4.78 is 27.5. The standard InChI is InChI=1S/C8H13N3O3S/c1-15(12,13)6-7(9)14-11-8(6)10-5-3-2-4-5/h5H,2-4,9H2,1H3,(H,10,11). The van der Waals surface area contributed by atoms with Gasteiger partial charge in [-0.2, -0.15) is 0 Å². The van der Waals surface area contributed by atoms with Gasteiger partial charge in [0.1, 0.15) is 0 Å². The van der Waals surface area contributed by atoms with Crippen LogP contribution in [0.4, 0.5) is 11.7 Å². The van der Waals surface area contributed by atoms with E-state index in [4.69, 9.17) is 5.73 Å². The molecule has 6 nitrogen and oxygen atoms in total. The van der Waals surface area contributed by atoms with Gasteiger partial charge in [0.15, 0.2) is 20.6 Å². The SMILES string of the molecule is CS(=O)(=O)c1c(NC2CCC2)noc1N. The molecule has 1 saturated carbocycles. The van der Waals surface area contributed by atoms with E-state index in [-0.39, 0.29) is 22.6 Å². The first-order valence-corrected chi connectivity index (χ1v) is 6.59. The van der Waals surface area contributed by atoms with Crippen molar-refractivity contribution in [2.24, 2.45) is 0 Å². The van der Waals surface area contributed by atoms with Crippen LogP contribution in [-0.4, -0.2) is 25.9 Å². The molecule has 0 spiro atoms. The van der Waals surface area contributed by atoms with Gasteiger partial charge in [-0.15, -0.1) is 0 Å². The van der Waals surface area contributed by atoms with E-state index in [0.29, 0.717) is 0 Å². The van der Waals surface area contributed by atoms with Crippen LogP contribution in [0.3, 0.4) is 0 Å². The van der Waals surface area contributed by atoms with Crippen LogP contribution >= 0.6 is 0 Å². The van der Waals surface area contributed by atoms with Crippen LogP contribution in [0.1, 0.15) is 19.3 Å². The molecule has 2 rings (SSSR count). The van der Waals surface area contributed by atoms with Crippen LogP contribution in [0.2, 0.25) is 0 Å². The molecule has 0 saturated heterocycles. The number of hydrogen-bond donors (Lipinski definition) is 2. The first kappa shape index (κ1) is 10.3. The van der Waals surface area contributed by atoms with Crippen LogP contribution in [0.25, 0.3) is 0 Å². The maximum Gasteiger partial charge on any atom is 0.243 e. The molecule has 0 unspecified atom stereocenters. The highest BCUT2D eigenvalue weighted by atomic mass is 32.2. The minimum absolute atomic E-state index is 0.0330. The van der Waals surface area contributed by atoms with Gasteiger partial charge < -0.3 is 15.6 Å². The molecule has 1 aromatic rings. The zero-order valence-electron chi connectivity index (χ0n) is 8.36. The summed E-state index contributed by atoms with van der Waals surface area (Å²) >= 11 is 0. The van der Waals surface area contributed by atoms with Gasteiger partial charge in [-0.1, -0.05) is 5.16 Å². The molecule has 0 radical (unpaired) electrons. The lowest BCUT2D eigenvalue weighted by atomic mass is 9.93. The molecule has 3 N–H and O–H groups in total. The summed E-state index contributed by atoms with van der Waals surface area (Å²) in [4.78, 5) is -0.0330. The fourth-order valence-corrected chi connectivity index (χ4v) is 2.34. The molecule has 0 amide bonds. The Hall–Kier alpha value is -1.24. The number of anilines is 2. The molecule has 1 heterocycles. The Morgan fingerprint density at radius 3 is 2.67 bits per heavy atom. The summed E-state index contributed by atoms with van der Waals surface area (Å²) in [5.74, 6) is 0.0824. The van der Waals surface area contributed by atoms with E-state index >= 15 is 0 Å². The highest BCUT2D eigenvalue weighted by Gasteiger charge is 2.26. The number of aromatic nitrogens is 1. The van der Waals surface area contributed by atoms with Gasteiger partial charge in [-0.05, 0) is 19.3 Å². The summed E-state index contributed by atoms with van der Waals surface area (Å²) in [5.41, 5.74) is 5.41. The molecular weight excluding hydrogens is 218 g/mol. The average Bonchev–Trinajstić information content (AvgIpc) is 2.38. The Balaban J connectivity index is 2.31. The smallest absolute Gasteiger partial charge is 0.243 e. The van der Waals surface area contributed by atoms with Crippen molar-refractivity contribution in [2.75, 3.05) is 17.3 Å². The summed E-state index contributed by atoms with van der Waals surface area (Å²) in [6.07, 6.45) is 4.28. The number of nitrogen functional groups attached to an aromatic ring is 1. The second-order valence-electron chi connectivity index (χ2n) is 3.77. The summed E-state index contributed by atoms with van der Waals surface area (Å²) in [6, 6.07) is 0.287. The molecule has 0 aliphatic heterocycles. The zero-order chi connectivity index (χ0) is 11.1. The van der Waals surface area contributed by atoms with Crippen molar-refractivity contribution in [3.63, 3.8) is 0 Å². The van der Waals surface area contributed by atoms with Gasteiger partial charge in [-0.3, -0.25) is 0 Å². The van der Waals surface area contributed by atoms with E-state index in [9.17, 15) is 8.42 Å². The van der Waals surface area contributed by atoms with Gasteiger partial charge in [0, 0.05) is 12.3 Å². The predicted octanol–water partition coefficient (Wildman–Crippen LogP) is 0.625. The van der Waals surface area contributed by atoms with Crippen LogP contribution < -0.4 is 11.1 Å². The van der Waals surface area contributed by atoms with E-state index in [0.717, 1.165) is 25.5 Å². The number of hydrogen-bond acceptors (Lipinski definition) is 6. The zero-order valence-corrected chi connectivity index (χ0v) is 9.17. The lowest BCUT2D eigenvalue weighted by Crippen LogP contribution is -2.27. The van der Waals surface area contributed by atoms with E-state index in [1.54, 1.807) is 0 Å². The molecule has 0 atom stereocenters. The topological polar surface area (TPSA) is 98.2 Å². The third-order valence-corrected chi connectivity index (χ3v) is 3.63. The molecule has 1 aliphatic carbocycles. The largest absolute Gasteiger partial charge is 0.366 e. The fraction of sp³-hybridized carbons (Fsp3) is 0.625. The molecule has 0 bridgehead atoms. The maximum atomic E-state index is 11.4. The van der Waals surface area contributed by atoms with Crippen molar-refractivity contribution in [2.45, 2.75) is 30.2 Å². The van der Waals surface area contributed by atoms with Gasteiger partial charge >= 0.3 is 0 Å². The number of sulfone groups is 1. The van der Waals surface area contributed by atoms with Crippen LogP contribution in [-0.2, 0) is 9.84 Å². The maximum absolute atomic E-state index is 11.4. The molecule has 1 fully saturated rings. The number of nitrogens with one attached hydrogen (secondary N) is 1. The van der Waals surface area contributed by atoms with Gasteiger partial charge in [0.2, 0.25) is 5.88 Å². The first-order valence-electron chi connectivity index (χ1n) is 4.70. The molecular formula is C8H13N3O3S. The monoisotopic (exact) mass is 231 g/mol. The lowest BCUT2D eigenvalue weighted by Gasteiger charge is -2.26. The van der Waals surface area contributed by atoms with E-state index in [1.807, 2.05) is 0 Å². The second kappa shape index (κ2) is 3.41. The highest BCUT2D eigenvalue weighted by molar-refractivity contribution is 7.91.